The minimum absolute atomic E-state index is 0.00601. The van der Waals surface area contributed by atoms with Crippen LogP contribution in [0.3, 0.4) is 0 Å². The van der Waals surface area contributed by atoms with Gasteiger partial charge in [-0.05, 0) is 67.4 Å². The van der Waals surface area contributed by atoms with Gasteiger partial charge in [-0.1, -0.05) is 0 Å². The molecule has 4 rings (SSSR count). The largest absolute Gasteiger partial charge is 0.389 e. The molecule has 0 bridgehead atoms. The third-order valence-corrected chi connectivity index (χ3v) is 8.35. The van der Waals surface area contributed by atoms with E-state index in [1.54, 1.807) is 24.3 Å². The molecule has 3 aromatic rings. The van der Waals surface area contributed by atoms with Gasteiger partial charge in [0.2, 0.25) is 5.03 Å². The Morgan fingerprint density at radius 3 is 2.51 bits per heavy atom. The van der Waals surface area contributed by atoms with Gasteiger partial charge in [0.15, 0.2) is 0 Å². The molecule has 2 N–H and O–H groups in total. The molecule has 0 aliphatic carbocycles. The van der Waals surface area contributed by atoms with Gasteiger partial charge >= 0.3 is 6.18 Å². The molecule has 0 saturated carbocycles. The molecular weight excluding hydrogens is 538 g/mol. The smallest absolute Gasteiger partial charge is 0.355 e. The molecular formula is C25H29F4N7O2S. The monoisotopic (exact) mass is 567 g/mol. The number of aromatic nitrogens is 3. The number of piperazine rings is 1. The van der Waals surface area contributed by atoms with Gasteiger partial charge in [0.05, 0.1) is 6.20 Å². The van der Waals surface area contributed by atoms with Crippen LogP contribution in [0.25, 0.3) is 0 Å². The number of anilines is 2. The molecule has 1 aliphatic heterocycles. The molecule has 39 heavy (non-hydrogen) atoms. The van der Waals surface area contributed by atoms with E-state index in [4.69, 9.17) is 5.41 Å². The van der Waals surface area contributed by atoms with E-state index in [1.807, 2.05) is 11.8 Å². The van der Waals surface area contributed by atoms with Crippen molar-refractivity contribution >= 4 is 27.6 Å². The summed E-state index contributed by atoms with van der Waals surface area (Å²) in [6.07, 6.45) is -3.06. The Morgan fingerprint density at radius 2 is 1.90 bits per heavy atom. The zero-order chi connectivity index (χ0) is 28.4. The van der Waals surface area contributed by atoms with Crippen molar-refractivity contribution in [2.75, 3.05) is 31.5 Å². The van der Waals surface area contributed by atoms with Gasteiger partial charge in [0, 0.05) is 62.3 Å². The zero-order valence-electron chi connectivity index (χ0n) is 21.4. The summed E-state index contributed by atoms with van der Waals surface area (Å²) in [5.74, 6) is -0.386. The summed E-state index contributed by atoms with van der Waals surface area (Å²) in [4.78, 5) is 3.00. The second kappa shape index (κ2) is 11.4. The van der Waals surface area contributed by atoms with Crippen molar-refractivity contribution in [3.05, 3.63) is 65.1 Å². The Kier molecular flexibility index (Phi) is 8.37. The number of aryl methyl sites for hydroxylation is 2. The van der Waals surface area contributed by atoms with Crippen molar-refractivity contribution in [1.82, 2.24) is 24.2 Å². The highest BCUT2D eigenvalue weighted by Gasteiger charge is 2.37. The van der Waals surface area contributed by atoms with Crippen molar-refractivity contribution in [1.29, 1.82) is 5.41 Å². The molecule has 2 aromatic carbocycles. The molecule has 2 heterocycles. The van der Waals surface area contributed by atoms with Gasteiger partial charge in [0.1, 0.15) is 5.82 Å². The molecule has 1 unspecified atom stereocenters. The van der Waals surface area contributed by atoms with Gasteiger partial charge in [-0.3, -0.25) is 4.90 Å². The lowest BCUT2D eigenvalue weighted by Crippen LogP contribution is -2.50. The SMILES string of the molecule is Cc1cc(Nc2ccc(F)cc2)c(C=N)cc1C1CN(S(=O)(=O)c2cnn(C)n2)CCN1CCCC(F)(F)F. The second-order valence-corrected chi connectivity index (χ2v) is 11.3. The minimum atomic E-state index is -4.29. The third-order valence-electron chi connectivity index (χ3n) is 6.62. The number of hydrogen-bond donors (Lipinski definition) is 2. The highest BCUT2D eigenvalue weighted by atomic mass is 32.2. The molecule has 0 spiro atoms. The van der Waals surface area contributed by atoms with Crippen LogP contribution in [-0.2, 0) is 17.1 Å². The van der Waals surface area contributed by atoms with Crippen molar-refractivity contribution in [2.24, 2.45) is 7.05 Å². The number of nitrogens with zero attached hydrogens (tertiary/aromatic N) is 5. The van der Waals surface area contributed by atoms with Crippen molar-refractivity contribution in [3.8, 4) is 0 Å². The number of halogens is 4. The van der Waals surface area contributed by atoms with Gasteiger partial charge in [0.25, 0.3) is 10.0 Å². The molecule has 210 valence electrons. The van der Waals surface area contributed by atoms with Crippen LogP contribution in [0.1, 0.15) is 35.6 Å². The predicted octanol–water partition coefficient (Wildman–Crippen LogP) is 4.39. The average Bonchev–Trinajstić information content (AvgIpc) is 3.32. The quantitative estimate of drug-likeness (QED) is 0.293. The summed E-state index contributed by atoms with van der Waals surface area (Å²) in [5, 5.41) is 18.7. The van der Waals surface area contributed by atoms with Crippen molar-refractivity contribution in [2.45, 2.75) is 37.0 Å². The number of benzene rings is 2. The number of rotatable bonds is 9. The van der Waals surface area contributed by atoms with E-state index in [1.165, 1.54) is 23.5 Å². The Hall–Kier alpha value is -3.36. The van der Waals surface area contributed by atoms with Gasteiger partial charge < -0.3 is 10.7 Å². The van der Waals surface area contributed by atoms with E-state index in [9.17, 15) is 26.0 Å². The summed E-state index contributed by atoms with van der Waals surface area (Å²) in [6.45, 7) is 2.24. The fourth-order valence-electron chi connectivity index (χ4n) is 4.65. The van der Waals surface area contributed by atoms with E-state index in [2.05, 4.69) is 15.5 Å². The maximum Gasteiger partial charge on any atom is 0.389 e. The number of hydrogen-bond acceptors (Lipinski definition) is 7. The van der Waals surface area contributed by atoms with Crippen LogP contribution in [-0.4, -0.2) is 71.2 Å². The first-order valence-corrected chi connectivity index (χ1v) is 13.7. The molecule has 1 fully saturated rings. The lowest BCUT2D eigenvalue weighted by Gasteiger charge is -2.41. The van der Waals surface area contributed by atoms with Crippen LogP contribution in [0.4, 0.5) is 28.9 Å². The molecule has 1 aromatic heterocycles. The lowest BCUT2D eigenvalue weighted by molar-refractivity contribution is -0.136. The molecule has 1 atom stereocenters. The average molecular weight is 568 g/mol. The summed E-state index contributed by atoms with van der Waals surface area (Å²) in [7, 11) is -2.48. The molecule has 9 nitrogen and oxygen atoms in total. The summed E-state index contributed by atoms with van der Waals surface area (Å²) in [5.41, 5.74) is 3.14. The molecule has 1 aliphatic rings. The molecule has 14 heteroatoms. The first-order chi connectivity index (χ1) is 18.4. The predicted molar refractivity (Wildman–Crippen MR) is 138 cm³/mol. The van der Waals surface area contributed by atoms with Gasteiger partial charge in [-0.25, -0.2) is 12.8 Å². The molecule has 0 radical (unpaired) electrons. The lowest BCUT2D eigenvalue weighted by atomic mass is 9.94. The van der Waals surface area contributed by atoms with E-state index in [0.717, 1.165) is 22.8 Å². The zero-order valence-corrected chi connectivity index (χ0v) is 22.2. The Balaban J connectivity index is 1.67. The minimum Gasteiger partial charge on any atom is -0.355 e. The summed E-state index contributed by atoms with van der Waals surface area (Å²) < 4.78 is 79.8. The normalized spacial score (nSPS) is 17.3. The van der Waals surface area contributed by atoms with E-state index in [0.29, 0.717) is 22.5 Å². The van der Waals surface area contributed by atoms with Crippen LogP contribution in [0.5, 0.6) is 0 Å². The van der Waals surface area contributed by atoms with E-state index < -0.39 is 28.7 Å². The van der Waals surface area contributed by atoms with E-state index >= 15 is 0 Å². The second-order valence-electron chi connectivity index (χ2n) is 9.38. The number of sulfonamides is 1. The van der Waals surface area contributed by atoms with Gasteiger partial charge in [-0.15, -0.1) is 5.10 Å². The van der Waals surface area contributed by atoms with Crippen molar-refractivity contribution < 1.29 is 26.0 Å². The fourth-order valence-corrected chi connectivity index (χ4v) is 5.98. The number of nitrogens with one attached hydrogen (secondary N) is 2. The standard InChI is InChI=1S/C25H29F4N7O2S/c1-17-12-22(32-20-6-4-19(26)5-7-20)18(14-30)13-21(17)23-16-36(39(37,38)24-15-31-34(2)33-24)11-10-35(23)9-3-8-25(27,28)29/h4-7,12-15,23,30,32H,3,8-11,16H2,1-2H3. The van der Waals surface area contributed by atoms with Crippen LogP contribution >= 0.6 is 0 Å². The summed E-state index contributed by atoms with van der Waals surface area (Å²) in [6, 6.07) is 8.71. The first kappa shape index (κ1) is 28.6. The van der Waals surface area contributed by atoms with Crippen LogP contribution < -0.4 is 5.32 Å². The fraction of sp³-hybridized carbons (Fsp3) is 0.400. The van der Waals surface area contributed by atoms with Gasteiger partial charge in [-0.2, -0.15) is 27.4 Å². The molecule has 0 amide bonds. The van der Waals surface area contributed by atoms with Crippen LogP contribution in [0.15, 0.2) is 47.6 Å². The highest BCUT2D eigenvalue weighted by molar-refractivity contribution is 7.89. The Labute approximate surface area is 224 Å². The maximum absolute atomic E-state index is 13.3. The maximum atomic E-state index is 13.3. The third kappa shape index (κ3) is 6.81. The Bertz CT molecular complexity index is 1430. The molecule has 1 saturated heterocycles. The Morgan fingerprint density at radius 1 is 1.18 bits per heavy atom. The van der Waals surface area contributed by atoms with E-state index in [-0.39, 0.29) is 43.4 Å². The topological polar surface area (TPSA) is 107 Å². The number of alkyl halides is 3. The summed E-state index contributed by atoms with van der Waals surface area (Å²) >= 11 is 0. The van der Waals surface area contributed by atoms with Crippen LogP contribution in [0, 0.1) is 18.2 Å². The van der Waals surface area contributed by atoms with Crippen molar-refractivity contribution in [3.63, 3.8) is 0 Å². The first-order valence-electron chi connectivity index (χ1n) is 12.2. The van der Waals surface area contributed by atoms with Crippen LogP contribution in [0.2, 0.25) is 0 Å². The highest BCUT2D eigenvalue weighted by Crippen LogP contribution is 2.34.